The summed E-state index contributed by atoms with van der Waals surface area (Å²) in [5.41, 5.74) is 1.38. The van der Waals surface area contributed by atoms with E-state index in [-0.39, 0.29) is 11.3 Å². The molecule has 112 valence electrons. The summed E-state index contributed by atoms with van der Waals surface area (Å²) in [7, 11) is 1.58. The van der Waals surface area contributed by atoms with Gasteiger partial charge in [-0.2, -0.15) is 5.10 Å². The first-order chi connectivity index (χ1) is 10.5. The number of aromatic nitrogens is 3. The lowest BCUT2D eigenvalue weighted by Gasteiger charge is -2.05. The highest BCUT2D eigenvalue weighted by Crippen LogP contribution is 2.31. The maximum atomic E-state index is 11.1. The minimum Gasteiger partial charge on any atom is -0.506 e. The Morgan fingerprint density at radius 3 is 2.55 bits per heavy atom. The van der Waals surface area contributed by atoms with Gasteiger partial charge in [0.25, 0.3) is 0 Å². The van der Waals surface area contributed by atoms with Crippen molar-refractivity contribution < 1.29 is 19.7 Å². The van der Waals surface area contributed by atoms with Gasteiger partial charge in [-0.05, 0) is 31.2 Å². The van der Waals surface area contributed by atoms with Crippen LogP contribution in [0.15, 0.2) is 30.5 Å². The van der Waals surface area contributed by atoms with Crippen LogP contribution < -0.4 is 4.74 Å². The summed E-state index contributed by atoms with van der Waals surface area (Å²) < 4.78 is 6.66. The zero-order valence-corrected chi connectivity index (χ0v) is 11.9. The van der Waals surface area contributed by atoms with Crippen LogP contribution in [0, 0.1) is 6.92 Å². The van der Waals surface area contributed by atoms with Crippen LogP contribution in [-0.2, 0) is 0 Å². The minimum atomic E-state index is -1.23. The van der Waals surface area contributed by atoms with Gasteiger partial charge in [0.05, 0.1) is 23.9 Å². The van der Waals surface area contributed by atoms with Crippen molar-refractivity contribution in [1.82, 2.24) is 14.8 Å². The SMILES string of the molecule is COc1ccc(-n2nc(C)c3c(O)c(C(=O)O)cnc32)cc1. The van der Waals surface area contributed by atoms with Crippen LogP contribution in [0.1, 0.15) is 16.1 Å². The van der Waals surface area contributed by atoms with Crippen LogP contribution >= 0.6 is 0 Å². The summed E-state index contributed by atoms with van der Waals surface area (Å²) in [6.45, 7) is 1.69. The van der Waals surface area contributed by atoms with Crippen LogP contribution in [0.25, 0.3) is 16.7 Å². The molecule has 7 heteroatoms. The van der Waals surface area contributed by atoms with Crippen molar-refractivity contribution in [3.05, 3.63) is 41.7 Å². The van der Waals surface area contributed by atoms with Crippen molar-refractivity contribution in [3.8, 4) is 17.2 Å². The lowest BCUT2D eigenvalue weighted by molar-refractivity contribution is 0.0693. The third kappa shape index (κ3) is 2.03. The Hall–Kier alpha value is -3.09. The van der Waals surface area contributed by atoms with E-state index in [2.05, 4.69) is 10.1 Å². The fraction of sp³-hybridized carbons (Fsp3) is 0.133. The predicted octanol–water partition coefficient (Wildman–Crippen LogP) is 2.14. The molecule has 0 unspecified atom stereocenters. The number of pyridine rings is 1. The molecule has 0 atom stereocenters. The van der Waals surface area contributed by atoms with Gasteiger partial charge in [0.1, 0.15) is 17.1 Å². The van der Waals surface area contributed by atoms with Gasteiger partial charge in [-0.15, -0.1) is 0 Å². The predicted molar refractivity (Wildman–Crippen MR) is 78.8 cm³/mol. The molecule has 1 aromatic carbocycles. The number of fused-ring (bicyclic) bond motifs is 1. The molecule has 0 amide bonds. The highest BCUT2D eigenvalue weighted by molar-refractivity contribution is 5.98. The van der Waals surface area contributed by atoms with Crippen molar-refractivity contribution in [2.75, 3.05) is 7.11 Å². The van der Waals surface area contributed by atoms with Gasteiger partial charge in [0.2, 0.25) is 0 Å². The number of methoxy groups -OCH3 is 1. The van der Waals surface area contributed by atoms with Crippen molar-refractivity contribution in [1.29, 1.82) is 0 Å². The van der Waals surface area contributed by atoms with Crippen molar-refractivity contribution in [3.63, 3.8) is 0 Å². The van der Waals surface area contributed by atoms with Crippen molar-refractivity contribution in [2.45, 2.75) is 6.92 Å². The summed E-state index contributed by atoms with van der Waals surface area (Å²) in [6.07, 6.45) is 1.13. The maximum Gasteiger partial charge on any atom is 0.341 e. The number of rotatable bonds is 3. The number of aryl methyl sites for hydroxylation is 1. The number of carbonyl (C=O) groups is 1. The largest absolute Gasteiger partial charge is 0.506 e. The van der Waals surface area contributed by atoms with Gasteiger partial charge in [0, 0.05) is 6.20 Å². The number of benzene rings is 1. The molecule has 0 bridgehead atoms. The van der Waals surface area contributed by atoms with E-state index in [0.717, 1.165) is 11.9 Å². The molecule has 0 aliphatic heterocycles. The quantitative estimate of drug-likeness (QED) is 0.769. The van der Waals surface area contributed by atoms with Crippen LogP contribution in [0.3, 0.4) is 0 Å². The Kier molecular flexibility index (Phi) is 3.17. The number of nitrogens with zero attached hydrogens (tertiary/aromatic N) is 3. The average molecular weight is 299 g/mol. The molecule has 7 nitrogen and oxygen atoms in total. The van der Waals surface area contributed by atoms with E-state index in [1.165, 1.54) is 0 Å². The van der Waals surface area contributed by atoms with Crippen molar-refractivity contribution in [2.24, 2.45) is 0 Å². The highest BCUT2D eigenvalue weighted by atomic mass is 16.5. The smallest absolute Gasteiger partial charge is 0.341 e. The number of hydrogen-bond donors (Lipinski definition) is 2. The summed E-state index contributed by atoms with van der Waals surface area (Å²) in [4.78, 5) is 15.2. The van der Waals surface area contributed by atoms with Gasteiger partial charge in [0.15, 0.2) is 5.65 Å². The number of carboxylic acid groups (broad SMARTS) is 1. The Bertz CT molecular complexity index is 869. The first kappa shape index (κ1) is 13.9. The molecule has 2 aromatic heterocycles. The lowest BCUT2D eigenvalue weighted by atomic mass is 10.2. The highest BCUT2D eigenvalue weighted by Gasteiger charge is 2.20. The zero-order chi connectivity index (χ0) is 15.9. The van der Waals surface area contributed by atoms with Crippen LogP contribution in [0.4, 0.5) is 0 Å². The van der Waals surface area contributed by atoms with Gasteiger partial charge in [-0.3, -0.25) is 0 Å². The molecule has 0 spiro atoms. The third-order valence-corrected chi connectivity index (χ3v) is 3.39. The molecule has 2 N–H and O–H groups in total. The van der Waals surface area contributed by atoms with E-state index < -0.39 is 5.97 Å². The Morgan fingerprint density at radius 2 is 1.95 bits per heavy atom. The summed E-state index contributed by atoms with van der Waals surface area (Å²) in [5, 5.41) is 23.9. The molecule has 0 saturated heterocycles. The number of aromatic carboxylic acids is 1. The van der Waals surface area contributed by atoms with E-state index in [1.54, 1.807) is 43.0 Å². The maximum absolute atomic E-state index is 11.1. The Labute approximate surface area is 125 Å². The Balaban J connectivity index is 2.23. The van der Waals surface area contributed by atoms with Gasteiger partial charge in [-0.25, -0.2) is 14.5 Å². The van der Waals surface area contributed by atoms with E-state index in [0.29, 0.717) is 22.5 Å². The first-order valence-corrected chi connectivity index (χ1v) is 6.48. The minimum absolute atomic E-state index is 0.245. The molecule has 22 heavy (non-hydrogen) atoms. The summed E-state index contributed by atoms with van der Waals surface area (Å²) in [5.74, 6) is -0.848. The molecule has 0 aliphatic carbocycles. The topological polar surface area (TPSA) is 97.5 Å². The van der Waals surface area contributed by atoms with E-state index >= 15 is 0 Å². The van der Waals surface area contributed by atoms with E-state index in [9.17, 15) is 9.90 Å². The van der Waals surface area contributed by atoms with Gasteiger partial charge in [-0.1, -0.05) is 0 Å². The second-order valence-corrected chi connectivity index (χ2v) is 4.72. The van der Waals surface area contributed by atoms with Crippen molar-refractivity contribution >= 4 is 17.0 Å². The van der Waals surface area contributed by atoms with Crippen LogP contribution in [0.2, 0.25) is 0 Å². The second-order valence-electron chi connectivity index (χ2n) is 4.72. The molecule has 0 fully saturated rings. The number of aromatic hydroxyl groups is 1. The molecule has 0 aliphatic rings. The molecule has 0 saturated carbocycles. The monoisotopic (exact) mass is 299 g/mol. The Morgan fingerprint density at radius 1 is 1.27 bits per heavy atom. The normalized spacial score (nSPS) is 10.8. The number of ether oxygens (including phenoxy) is 1. The molecule has 0 radical (unpaired) electrons. The summed E-state index contributed by atoms with van der Waals surface area (Å²) in [6, 6.07) is 7.16. The lowest BCUT2D eigenvalue weighted by Crippen LogP contribution is -2.01. The van der Waals surface area contributed by atoms with E-state index in [1.807, 2.05) is 0 Å². The summed E-state index contributed by atoms with van der Waals surface area (Å²) >= 11 is 0. The molecular weight excluding hydrogens is 286 g/mol. The third-order valence-electron chi connectivity index (χ3n) is 3.39. The van der Waals surface area contributed by atoms with E-state index in [4.69, 9.17) is 9.84 Å². The average Bonchev–Trinajstić information content (AvgIpc) is 2.85. The second kappa shape index (κ2) is 5.03. The molecular formula is C15H13N3O4. The number of carboxylic acids is 1. The van der Waals surface area contributed by atoms with Crippen LogP contribution in [0.5, 0.6) is 11.5 Å². The molecule has 3 rings (SSSR count). The fourth-order valence-electron chi connectivity index (χ4n) is 2.29. The molecule has 3 aromatic rings. The molecule has 2 heterocycles. The number of hydrogen-bond acceptors (Lipinski definition) is 5. The fourth-order valence-corrected chi connectivity index (χ4v) is 2.29. The standard InChI is InChI=1S/C15H13N3O4/c1-8-12-13(19)11(15(20)21)7-16-14(12)18(17-8)9-3-5-10(22-2)6-4-9/h3-7H,1-2H3,(H,16,19)(H,20,21). The van der Waals surface area contributed by atoms with Crippen LogP contribution in [-0.4, -0.2) is 38.1 Å². The first-order valence-electron chi connectivity index (χ1n) is 6.48. The van der Waals surface area contributed by atoms with Gasteiger partial charge < -0.3 is 14.9 Å². The zero-order valence-electron chi connectivity index (χ0n) is 11.9. The van der Waals surface area contributed by atoms with Gasteiger partial charge >= 0.3 is 5.97 Å².